The lowest BCUT2D eigenvalue weighted by Gasteiger charge is -2.21. The minimum absolute atomic E-state index is 0.0447. The summed E-state index contributed by atoms with van der Waals surface area (Å²) in [5.41, 5.74) is 0.670. The number of aliphatic hydroxyl groups excluding tert-OH is 1. The normalized spacial score (nSPS) is 12.5. The Balaban J connectivity index is 2.63. The topological polar surface area (TPSA) is 69.6 Å². The van der Waals surface area contributed by atoms with Crippen LogP contribution < -0.4 is 5.32 Å². The summed E-state index contributed by atoms with van der Waals surface area (Å²) in [7, 11) is 0. The van der Waals surface area contributed by atoms with Crippen LogP contribution in [-0.4, -0.2) is 28.8 Å². The summed E-state index contributed by atoms with van der Waals surface area (Å²) in [6.45, 7) is 4.03. The van der Waals surface area contributed by atoms with Crippen molar-refractivity contribution >= 4 is 17.5 Å². The number of amides is 1. The van der Waals surface area contributed by atoms with E-state index in [1.807, 2.05) is 13.8 Å². The second kappa shape index (κ2) is 7.36. The molecular weight excluding hydrogens is 266 g/mol. The van der Waals surface area contributed by atoms with Gasteiger partial charge in [-0.05, 0) is 30.0 Å². The molecule has 3 N–H and O–H groups in total. The maximum Gasteiger partial charge on any atom is 0.224 e. The minimum Gasteiger partial charge on any atom is -0.508 e. The molecule has 0 aromatic heterocycles. The molecule has 1 rings (SSSR count). The molecule has 0 saturated heterocycles. The SMILES string of the molecule is CC(C)C(CCO)NC(=O)Cc1ccc(O)cc1Cl. The molecule has 1 atom stereocenters. The number of aromatic hydroxyl groups is 1. The summed E-state index contributed by atoms with van der Waals surface area (Å²) >= 11 is 5.95. The Bertz CT molecular complexity index is 435. The molecule has 0 bridgehead atoms. The third-order valence-electron chi connectivity index (χ3n) is 2.98. The van der Waals surface area contributed by atoms with Crippen molar-refractivity contribution in [2.24, 2.45) is 5.92 Å². The predicted octanol–water partition coefficient (Wildman–Crippen LogP) is 2.11. The molecule has 1 unspecified atom stereocenters. The molecule has 0 spiro atoms. The van der Waals surface area contributed by atoms with Crippen LogP contribution in [0.1, 0.15) is 25.8 Å². The number of phenolic OH excluding ortho intramolecular Hbond substituents is 1. The van der Waals surface area contributed by atoms with Crippen molar-refractivity contribution in [2.45, 2.75) is 32.7 Å². The number of phenols is 1. The van der Waals surface area contributed by atoms with Gasteiger partial charge >= 0.3 is 0 Å². The first kappa shape index (κ1) is 15.8. The van der Waals surface area contributed by atoms with Crippen molar-refractivity contribution in [3.63, 3.8) is 0 Å². The summed E-state index contributed by atoms with van der Waals surface area (Å²) in [6.07, 6.45) is 0.695. The number of benzene rings is 1. The van der Waals surface area contributed by atoms with Crippen molar-refractivity contribution < 1.29 is 15.0 Å². The molecule has 1 amide bonds. The van der Waals surface area contributed by atoms with Crippen LogP contribution in [0.4, 0.5) is 0 Å². The van der Waals surface area contributed by atoms with E-state index in [4.69, 9.17) is 16.7 Å². The van der Waals surface area contributed by atoms with E-state index in [0.717, 1.165) is 0 Å². The van der Waals surface area contributed by atoms with Gasteiger partial charge in [-0.3, -0.25) is 4.79 Å². The van der Waals surface area contributed by atoms with Gasteiger partial charge in [-0.1, -0.05) is 31.5 Å². The molecule has 4 nitrogen and oxygen atoms in total. The molecular formula is C14H20ClNO3. The van der Waals surface area contributed by atoms with E-state index in [9.17, 15) is 9.90 Å². The zero-order valence-electron chi connectivity index (χ0n) is 11.2. The minimum atomic E-state index is -0.139. The Morgan fingerprint density at radius 3 is 2.63 bits per heavy atom. The maximum atomic E-state index is 11.9. The smallest absolute Gasteiger partial charge is 0.224 e. The highest BCUT2D eigenvalue weighted by Gasteiger charge is 2.16. The standard InChI is InChI=1S/C14H20ClNO3/c1-9(2)13(5-6-17)16-14(19)7-10-3-4-11(18)8-12(10)15/h3-4,8-9,13,17-18H,5-7H2,1-2H3,(H,16,19). The van der Waals surface area contributed by atoms with Crippen LogP contribution in [0, 0.1) is 5.92 Å². The van der Waals surface area contributed by atoms with Crippen LogP contribution in [0.15, 0.2) is 18.2 Å². The molecule has 0 heterocycles. The average molecular weight is 286 g/mol. The van der Waals surface area contributed by atoms with E-state index >= 15 is 0 Å². The molecule has 0 fully saturated rings. The molecule has 1 aromatic rings. The molecule has 19 heavy (non-hydrogen) atoms. The van der Waals surface area contributed by atoms with Gasteiger partial charge in [-0.15, -0.1) is 0 Å². The van der Waals surface area contributed by atoms with Crippen molar-refractivity contribution in [3.8, 4) is 5.75 Å². The Labute approximate surface area is 118 Å². The third kappa shape index (κ3) is 5.09. The van der Waals surface area contributed by atoms with Gasteiger partial charge in [0.2, 0.25) is 5.91 Å². The first-order chi connectivity index (χ1) is 8.93. The van der Waals surface area contributed by atoms with Gasteiger partial charge in [-0.25, -0.2) is 0 Å². The van der Waals surface area contributed by atoms with Gasteiger partial charge in [0.25, 0.3) is 0 Å². The summed E-state index contributed by atoms with van der Waals surface area (Å²) in [5, 5.41) is 21.5. The van der Waals surface area contributed by atoms with Crippen molar-refractivity contribution in [1.29, 1.82) is 0 Å². The molecule has 106 valence electrons. The van der Waals surface area contributed by atoms with Gasteiger partial charge in [-0.2, -0.15) is 0 Å². The van der Waals surface area contributed by atoms with Gasteiger partial charge in [0.15, 0.2) is 0 Å². The van der Waals surface area contributed by atoms with Crippen molar-refractivity contribution in [2.75, 3.05) is 6.61 Å². The van der Waals surface area contributed by atoms with Crippen molar-refractivity contribution in [3.05, 3.63) is 28.8 Å². The van der Waals surface area contributed by atoms with E-state index in [1.165, 1.54) is 12.1 Å². The highest BCUT2D eigenvalue weighted by molar-refractivity contribution is 6.31. The van der Waals surface area contributed by atoms with E-state index in [1.54, 1.807) is 6.07 Å². The molecule has 0 saturated carbocycles. The monoisotopic (exact) mass is 285 g/mol. The van der Waals surface area contributed by atoms with E-state index in [2.05, 4.69) is 5.32 Å². The van der Waals surface area contributed by atoms with E-state index in [-0.39, 0.29) is 36.6 Å². The fourth-order valence-corrected chi connectivity index (χ4v) is 2.06. The lowest BCUT2D eigenvalue weighted by atomic mass is 10.0. The van der Waals surface area contributed by atoms with E-state index < -0.39 is 0 Å². The molecule has 0 aliphatic heterocycles. The van der Waals surface area contributed by atoms with Crippen LogP contribution >= 0.6 is 11.6 Å². The summed E-state index contributed by atoms with van der Waals surface area (Å²) < 4.78 is 0. The van der Waals surface area contributed by atoms with E-state index in [0.29, 0.717) is 17.0 Å². The predicted molar refractivity (Wildman–Crippen MR) is 75.3 cm³/mol. The van der Waals surface area contributed by atoms with Gasteiger partial charge < -0.3 is 15.5 Å². The van der Waals surface area contributed by atoms with Crippen LogP contribution in [0.5, 0.6) is 5.75 Å². The number of hydrogen-bond donors (Lipinski definition) is 3. The Kier molecular flexibility index (Phi) is 6.12. The van der Waals surface area contributed by atoms with Gasteiger partial charge in [0.05, 0.1) is 6.42 Å². The molecule has 0 radical (unpaired) electrons. The Morgan fingerprint density at radius 2 is 2.11 bits per heavy atom. The van der Waals surface area contributed by atoms with Crippen LogP contribution in [0.25, 0.3) is 0 Å². The van der Waals surface area contributed by atoms with Crippen LogP contribution in [0.3, 0.4) is 0 Å². The average Bonchev–Trinajstić information content (AvgIpc) is 2.32. The highest BCUT2D eigenvalue weighted by atomic mass is 35.5. The number of rotatable bonds is 6. The summed E-state index contributed by atoms with van der Waals surface area (Å²) in [6, 6.07) is 4.50. The van der Waals surface area contributed by atoms with Crippen LogP contribution in [-0.2, 0) is 11.2 Å². The fourth-order valence-electron chi connectivity index (χ4n) is 1.82. The number of hydrogen-bond acceptors (Lipinski definition) is 3. The Morgan fingerprint density at radius 1 is 1.42 bits per heavy atom. The summed E-state index contributed by atoms with van der Waals surface area (Å²) in [5.74, 6) is 0.195. The zero-order chi connectivity index (χ0) is 14.4. The number of carbonyl (C=O) groups excluding carboxylic acids is 1. The molecule has 0 aliphatic carbocycles. The first-order valence-electron chi connectivity index (χ1n) is 6.31. The van der Waals surface area contributed by atoms with Crippen LogP contribution in [0.2, 0.25) is 5.02 Å². The maximum absolute atomic E-state index is 11.9. The quantitative estimate of drug-likeness (QED) is 0.750. The third-order valence-corrected chi connectivity index (χ3v) is 3.33. The second-order valence-corrected chi connectivity index (χ2v) is 5.29. The van der Waals surface area contributed by atoms with Gasteiger partial charge in [0, 0.05) is 17.7 Å². The number of carbonyl (C=O) groups is 1. The molecule has 5 heteroatoms. The number of aliphatic hydroxyl groups is 1. The number of halogens is 1. The highest BCUT2D eigenvalue weighted by Crippen LogP contribution is 2.22. The number of nitrogens with one attached hydrogen (secondary N) is 1. The molecule has 0 aliphatic rings. The van der Waals surface area contributed by atoms with Gasteiger partial charge in [0.1, 0.15) is 5.75 Å². The Hall–Kier alpha value is -1.26. The second-order valence-electron chi connectivity index (χ2n) is 4.88. The lowest BCUT2D eigenvalue weighted by Crippen LogP contribution is -2.40. The lowest BCUT2D eigenvalue weighted by molar-refractivity contribution is -0.121. The first-order valence-corrected chi connectivity index (χ1v) is 6.69. The fraction of sp³-hybridized carbons (Fsp3) is 0.500. The molecule has 1 aromatic carbocycles. The summed E-state index contributed by atoms with van der Waals surface area (Å²) in [4.78, 5) is 11.9. The largest absolute Gasteiger partial charge is 0.508 e. The van der Waals surface area contributed by atoms with Crippen molar-refractivity contribution in [1.82, 2.24) is 5.32 Å². The zero-order valence-corrected chi connectivity index (χ0v) is 11.9.